The van der Waals surface area contributed by atoms with Gasteiger partial charge in [0.2, 0.25) is 0 Å². The Balaban J connectivity index is 2.16. The number of hydrogen-bond donors (Lipinski definition) is 1. The molecule has 2 nitrogen and oxygen atoms in total. The number of fused-ring (bicyclic) bond motifs is 1. The molecule has 18 heavy (non-hydrogen) atoms. The first-order chi connectivity index (χ1) is 8.72. The number of alkyl halides is 1. The van der Waals surface area contributed by atoms with Crippen molar-refractivity contribution in [1.82, 2.24) is 4.98 Å². The largest absolute Gasteiger partial charge is 0.370 e. The Kier molecular flexibility index (Phi) is 4.84. The molecule has 0 bridgehead atoms. The number of nitrogens with one attached hydrogen (secondary N) is 1. The van der Waals surface area contributed by atoms with Crippen LogP contribution in [0.25, 0.3) is 10.8 Å². The van der Waals surface area contributed by atoms with Crippen molar-refractivity contribution in [3.8, 4) is 0 Å². The predicted octanol–water partition coefficient (Wildman–Crippen LogP) is 4.82. The van der Waals surface area contributed by atoms with Crippen LogP contribution < -0.4 is 5.32 Å². The number of nitrogens with zero attached hydrogens (tertiary/aromatic N) is 1. The molecule has 4 heteroatoms. The van der Waals surface area contributed by atoms with Crippen LogP contribution in [-0.4, -0.2) is 16.9 Å². The first-order valence-corrected chi connectivity index (χ1v) is 7.36. The highest BCUT2D eigenvalue weighted by Gasteiger charge is 2.05. The van der Waals surface area contributed by atoms with Gasteiger partial charge in [-0.2, -0.15) is 0 Å². The maximum Gasteiger partial charge on any atom is 0.133 e. The van der Waals surface area contributed by atoms with E-state index in [2.05, 4.69) is 39.2 Å². The van der Waals surface area contributed by atoms with Crippen LogP contribution in [0, 0.1) is 0 Å². The van der Waals surface area contributed by atoms with Gasteiger partial charge in [0.1, 0.15) is 5.82 Å². The molecule has 1 aromatic heterocycles. The molecule has 0 radical (unpaired) electrons. The number of aromatic nitrogens is 1. The Labute approximate surface area is 121 Å². The summed E-state index contributed by atoms with van der Waals surface area (Å²) in [5, 5.41) is 5.91. The van der Waals surface area contributed by atoms with Crippen LogP contribution in [0.15, 0.2) is 34.9 Å². The zero-order valence-corrected chi connectivity index (χ0v) is 12.6. The molecular formula is C14H16BrClN2. The van der Waals surface area contributed by atoms with Gasteiger partial charge >= 0.3 is 0 Å². The number of halogens is 2. The fraction of sp³-hybridized carbons (Fsp3) is 0.357. The van der Waals surface area contributed by atoms with E-state index in [-0.39, 0.29) is 5.38 Å². The van der Waals surface area contributed by atoms with Crippen molar-refractivity contribution in [3.63, 3.8) is 0 Å². The van der Waals surface area contributed by atoms with E-state index in [4.69, 9.17) is 11.6 Å². The lowest BCUT2D eigenvalue weighted by Crippen LogP contribution is -2.09. The minimum atomic E-state index is 0.235. The molecule has 96 valence electrons. The van der Waals surface area contributed by atoms with Gasteiger partial charge in [0.25, 0.3) is 0 Å². The molecular weight excluding hydrogens is 312 g/mol. The molecule has 2 rings (SSSR count). The van der Waals surface area contributed by atoms with Crippen molar-refractivity contribution in [2.24, 2.45) is 0 Å². The quantitative estimate of drug-likeness (QED) is 0.797. The highest BCUT2D eigenvalue weighted by Crippen LogP contribution is 2.27. The van der Waals surface area contributed by atoms with Crippen LogP contribution in [0.3, 0.4) is 0 Å². The summed E-state index contributed by atoms with van der Waals surface area (Å²) in [7, 11) is 0. The highest BCUT2D eigenvalue weighted by atomic mass is 79.9. The Morgan fingerprint density at radius 2 is 2.17 bits per heavy atom. The average Bonchev–Trinajstić information content (AvgIpc) is 2.39. The standard InChI is InChI=1S/C14H16BrClN2/c1-2-10(16)6-8-17-14-12-4-3-5-13(15)11(12)7-9-18-14/h3-5,7,9-10H,2,6,8H2,1H3,(H,17,18). The second-order valence-corrected chi connectivity index (χ2v) is 5.69. The zero-order valence-electron chi connectivity index (χ0n) is 10.3. The average molecular weight is 328 g/mol. The monoisotopic (exact) mass is 326 g/mol. The summed E-state index contributed by atoms with van der Waals surface area (Å²) in [6, 6.07) is 8.15. The van der Waals surface area contributed by atoms with Crippen LogP contribution in [0.2, 0.25) is 0 Å². The van der Waals surface area contributed by atoms with Crippen LogP contribution >= 0.6 is 27.5 Å². The Bertz CT molecular complexity index is 530. The molecule has 0 fully saturated rings. The molecule has 2 aromatic rings. The van der Waals surface area contributed by atoms with Gasteiger partial charge in [-0.1, -0.05) is 35.0 Å². The van der Waals surface area contributed by atoms with E-state index in [9.17, 15) is 0 Å². The molecule has 0 amide bonds. The van der Waals surface area contributed by atoms with E-state index < -0.39 is 0 Å². The molecule has 0 aliphatic heterocycles. The third-order valence-corrected chi connectivity index (χ3v) is 4.16. The van der Waals surface area contributed by atoms with Gasteiger partial charge in [0, 0.05) is 33.4 Å². The van der Waals surface area contributed by atoms with E-state index >= 15 is 0 Å². The van der Waals surface area contributed by atoms with Gasteiger partial charge < -0.3 is 5.32 Å². The van der Waals surface area contributed by atoms with E-state index in [1.165, 1.54) is 5.39 Å². The summed E-state index contributed by atoms with van der Waals surface area (Å²) < 4.78 is 1.09. The first kappa shape index (κ1) is 13.6. The smallest absolute Gasteiger partial charge is 0.133 e. The minimum Gasteiger partial charge on any atom is -0.370 e. The van der Waals surface area contributed by atoms with Crippen molar-refractivity contribution >= 4 is 44.1 Å². The van der Waals surface area contributed by atoms with Crippen molar-refractivity contribution in [2.45, 2.75) is 25.1 Å². The summed E-state index contributed by atoms with van der Waals surface area (Å²) in [5.74, 6) is 0.925. The van der Waals surface area contributed by atoms with E-state index in [1.807, 2.05) is 24.4 Å². The molecule has 1 aromatic carbocycles. The van der Waals surface area contributed by atoms with Crippen molar-refractivity contribution in [2.75, 3.05) is 11.9 Å². The maximum atomic E-state index is 6.11. The molecule has 1 atom stereocenters. The lowest BCUT2D eigenvalue weighted by molar-refractivity contribution is 0.752. The normalized spacial score (nSPS) is 12.6. The summed E-state index contributed by atoms with van der Waals surface area (Å²) >= 11 is 9.66. The second-order valence-electron chi connectivity index (χ2n) is 4.22. The van der Waals surface area contributed by atoms with Crippen LogP contribution in [0.1, 0.15) is 19.8 Å². The molecule has 0 aliphatic rings. The SMILES string of the molecule is CCC(Cl)CCNc1nccc2c(Br)cccc12. The Morgan fingerprint density at radius 3 is 2.94 bits per heavy atom. The van der Waals surface area contributed by atoms with Gasteiger partial charge in [0.15, 0.2) is 0 Å². The molecule has 1 unspecified atom stereocenters. The van der Waals surface area contributed by atoms with Crippen molar-refractivity contribution in [1.29, 1.82) is 0 Å². The van der Waals surface area contributed by atoms with Gasteiger partial charge in [-0.3, -0.25) is 0 Å². The summed E-state index contributed by atoms with van der Waals surface area (Å²) in [6.07, 6.45) is 3.77. The predicted molar refractivity (Wildman–Crippen MR) is 82.5 cm³/mol. The lowest BCUT2D eigenvalue weighted by Gasteiger charge is -2.11. The first-order valence-electron chi connectivity index (χ1n) is 6.13. The number of anilines is 1. The number of rotatable bonds is 5. The van der Waals surface area contributed by atoms with Gasteiger partial charge in [0.05, 0.1) is 0 Å². The summed E-state index contributed by atoms with van der Waals surface area (Å²) in [6.45, 7) is 2.95. The van der Waals surface area contributed by atoms with Crippen LogP contribution in [0.5, 0.6) is 0 Å². The molecule has 0 saturated carbocycles. The topological polar surface area (TPSA) is 24.9 Å². The fourth-order valence-corrected chi connectivity index (χ4v) is 2.47. The number of hydrogen-bond acceptors (Lipinski definition) is 2. The van der Waals surface area contributed by atoms with Gasteiger partial charge in [-0.15, -0.1) is 11.6 Å². The lowest BCUT2D eigenvalue weighted by atomic mass is 10.1. The van der Waals surface area contributed by atoms with E-state index in [0.29, 0.717) is 0 Å². The molecule has 0 spiro atoms. The van der Waals surface area contributed by atoms with Crippen LogP contribution in [0.4, 0.5) is 5.82 Å². The van der Waals surface area contributed by atoms with Crippen molar-refractivity contribution in [3.05, 3.63) is 34.9 Å². The molecule has 1 heterocycles. The fourth-order valence-electron chi connectivity index (χ4n) is 1.86. The van der Waals surface area contributed by atoms with E-state index in [1.54, 1.807) is 0 Å². The molecule has 0 aliphatic carbocycles. The number of benzene rings is 1. The third-order valence-electron chi connectivity index (χ3n) is 2.95. The highest BCUT2D eigenvalue weighted by molar-refractivity contribution is 9.10. The zero-order chi connectivity index (χ0) is 13.0. The third kappa shape index (κ3) is 3.15. The Morgan fingerprint density at radius 1 is 1.33 bits per heavy atom. The summed E-state index contributed by atoms with van der Waals surface area (Å²) in [4.78, 5) is 4.40. The Hall–Kier alpha value is -0.800. The molecule has 1 N–H and O–H groups in total. The van der Waals surface area contributed by atoms with E-state index in [0.717, 1.165) is 35.1 Å². The second kappa shape index (κ2) is 6.39. The van der Waals surface area contributed by atoms with Crippen LogP contribution in [-0.2, 0) is 0 Å². The minimum absolute atomic E-state index is 0.235. The molecule has 0 saturated heterocycles. The van der Waals surface area contributed by atoms with Crippen molar-refractivity contribution < 1.29 is 0 Å². The number of pyridine rings is 1. The van der Waals surface area contributed by atoms with Gasteiger partial charge in [-0.25, -0.2) is 4.98 Å². The summed E-state index contributed by atoms with van der Waals surface area (Å²) in [5.41, 5.74) is 0. The van der Waals surface area contributed by atoms with Gasteiger partial charge in [-0.05, 0) is 25.0 Å². The maximum absolute atomic E-state index is 6.11.